The third-order valence-electron chi connectivity index (χ3n) is 5.15. The van der Waals surface area contributed by atoms with Gasteiger partial charge in [-0.25, -0.2) is 0 Å². The average molecular weight is 502 g/mol. The number of hydrogen-bond donors (Lipinski definition) is 0. The van der Waals surface area contributed by atoms with Gasteiger partial charge in [0.15, 0.2) is 0 Å². The Bertz CT molecular complexity index is 1100. The molecule has 0 aliphatic carbocycles. The third-order valence-corrected chi connectivity index (χ3v) is 9.24. The van der Waals surface area contributed by atoms with E-state index in [9.17, 15) is 0 Å². The highest BCUT2D eigenvalue weighted by Gasteiger charge is 2.16. The zero-order chi connectivity index (χ0) is 19.1. The normalized spacial score (nSPS) is 11.8. The minimum Gasteiger partial charge on any atom is -0.282 e. The summed E-state index contributed by atoms with van der Waals surface area (Å²) in [5, 5.41) is 4.27. The molecular weight excluding hydrogens is 477 g/mol. The van der Waals surface area contributed by atoms with Crippen molar-refractivity contribution in [2.24, 2.45) is 0 Å². The summed E-state index contributed by atoms with van der Waals surface area (Å²) in [6.07, 6.45) is 0. The highest BCUT2D eigenvalue weighted by molar-refractivity contribution is 14.1. The van der Waals surface area contributed by atoms with Crippen LogP contribution in [0.4, 0.5) is 11.4 Å². The van der Waals surface area contributed by atoms with Crippen molar-refractivity contribution in [2.45, 2.75) is 32.9 Å². The van der Waals surface area contributed by atoms with Crippen LogP contribution in [0.1, 0.15) is 25.3 Å². The monoisotopic (exact) mass is 501 g/mol. The lowest BCUT2D eigenvalue weighted by molar-refractivity contribution is 0.878. The largest absolute Gasteiger partial charge is 0.282 e. The fraction of sp³-hybridized carbons (Fsp3) is 0.217. The molecule has 0 amide bonds. The van der Waals surface area contributed by atoms with Crippen LogP contribution in [-0.4, -0.2) is 8.80 Å². The summed E-state index contributed by atoms with van der Waals surface area (Å²) in [5.41, 5.74) is 3.97. The van der Waals surface area contributed by atoms with Gasteiger partial charge in [-0.2, -0.15) is 0 Å². The molecular formula is C23H24INSSi. The third kappa shape index (κ3) is 3.43. The number of thiophene rings is 1. The second-order valence-electron chi connectivity index (χ2n) is 7.66. The lowest BCUT2D eigenvalue weighted by Gasteiger charge is -2.18. The average Bonchev–Trinajstić information content (AvgIpc) is 3.06. The van der Waals surface area contributed by atoms with Crippen LogP contribution in [0.2, 0.25) is 13.1 Å². The van der Waals surface area contributed by atoms with Crippen molar-refractivity contribution in [3.05, 3.63) is 66.2 Å². The van der Waals surface area contributed by atoms with Crippen molar-refractivity contribution < 1.29 is 0 Å². The van der Waals surface area contributed by atoms with E-state index in [1.807, 2.05) is 11.3 Å². The van der Waals surface area contributed by atoms with E-state index in [1.165, 1.54) is 42.3 Å². The Labute approximate surface area is 181 Å². The van der Waals surface area contributed by atoms with Crippen LogP contribution >= 0.6 is 34.2 Å². The first-order valence-corrected chi connectivity index (χ1v) is 14.1. The topological polar surface area (TPSA) is 3.24 Å². The Morgan fingerprint density at radius 1 is 0.852 bits per heavy atom. The Kier molecular flexibility index (Phi) is 5.31. The van der Waals surface area contributed by atoms with Crippen molar-refractivity contribution >= 4 is 79.7 Å². The molecule has 0 saturated heterocycles. The minimum atomic E-state index is -0.750. The predicted molar refractivity (Wildman–Crippen MR) is 135 cm³/mol. The molecule has 0 bridgehead atoms. The van der Waals surface area contributed by atoms with Crippen molar-refractivity contribution in [3.63, 3.8) is 0 Å². The molecule has 138 valence electrons. The first-order valence-electron chi connectivity index (χ1n) is 9.47. The lowest BCUT2D eigenvalue weighted by atomic mass is 10.0. The molecule has 4 aromatic rings. The van der Waals surface area contributed by atoms with E-state index >= 15 is 0 Å². The number of nitrogens with zero attached hydrogens (tertiary/aromatic N) is 1. The molecule has 0 spiro atoms. The number of hydrogen-bond acceptors (Lipinski definition) is 2. The van der Waals surface area contributed by atoms with Gasteiger partial charge in [0.25, 0.3) is 0 Å². The van der Waals surface area contributed by atoms with Gasteiger partial charge in [-0.1, -0.05) is 74.6 Å². The number of rotatable bonds is 4. The van der Waals surface area contributed by atoms with Crippen LogP contribution in [0.25, 0.3) is 20.2 Å². The summed E-state index contributed by atoms with van der Waals surface area (Å²) in [6, 6.07) is 22.6. The number of benzene rings is 3. The fourth-order valence-electron chi connectivity index (χ4n) is 3.57. The molecule has 27 heavy (non-hydrogen) atoms. The zero-order valence-electron chi connectivity index (χ0n) is 16.2. The Balaban J connectivity index is 1.86. The molecule has 0 unspecified atom stereocenters. The zero-order valence-corrected chi connectivity index (χ0v) is 20.3. The summed E-state index contributed by atoms with van der Waals surface area (Å²) >= 11 is 4.38. The minimum absolute atomic E-state index is 0.536. The van der Waals surface area contributed by atoms with Gasteiger partial charge in [-0.15, -0.1) is 11.3 Å². The molecule has 0 atom stereocenters. The van der Waals surface area contributed by atoms with Gasteiger partial charge < -0.3 is 0 Å². The number of fused-ring (bicyclic) bond motifs is 3. The quantitative estimate of drug-likeness (QED) is 0.160. The van der Waals surface area contributed by atoms with Gasteiger partial charge in [0, 0.05) is 15.5 Å². The Morgan fingerprint density at radius 3 is 2.11 bits per heavy atom. The van der Waals surface area contributed by atoms with E-state index < -0.39 is 8.80 Å². The van der Waals surface area contributed by atoms with E-state index in [-0.39, 0.29) is 0 Å². The molecule has 1 nitrogen and oxygen atoms in total. The molecule has 4 rings (SSSR count). The van der Waals surface area contributed by atoms with Crippen molar-refractivity contribution in [1.29, 1.82) is 0 Å². The van der Waals surface area contributed by atoms with Crippen LogP contribution in [0.15, 0.2) is 60.7 Å². The van der Waals surface area contributed by atoms with Crippen molar-refractivity contribution in [1.82, 2.24) is 0 Å². The molecule has 1 heterocycles. The molecule has 0 aliphatic rings. The number of halogens is 1. The maximum absolute atomic E-state index is 2.45. The van der Waals surface area contributed by atoms with Crippen LogP contribution in [-0.2, 0) is 0 Å². The van der Waals surface area contributed by atoms with E-state index in [0.29, 0.717) is 5.92 Å². The molecule has 0 saturated carbocycles. The van der Waals surface area contributed by atoms with Gasteiger partial charge in [-0.3, -0.25) is 3.11 Å². The van der Waals surface area contributed by atoms with Crippen LogP contribution < -0.4 is 8.30 Å². The predicted octanol–water partition coefficient (Wildman–Crippen LogP) is 7.36. The molecule has 1 aromatic heterocycles. The molecule has 0 aliphatic heterocycles. The Morgan fingerprint density at radius 2 is 1.48 bits per heavy atom. The van der Waals surface area contributed by atoms with E-state index in [0.717, 1.165) is 0 Å². The highest BCUT2D eigenvalue weighted by Crippen LogP contribution is 2.44. The van der Waals surface area contributed by atoms with Gasteiger partial charge in [0.05, 0.1) is 47.7 Å². The van der Waals surface area contributed by atoms with Gasteiger partial charge in [0.1, 0.15) is 0 Å². The first kappa shape index (κ1) is 19.0. The molecule has 0 N–H and O–H groups in total. The van der Waals surface area contributed by atoms with Crippen LogP contribution in [0, 0.1) is 0 Å². The molecule has 0 radical (unpaired) electrons. The van der Waals surface area contributed by atoms with E-state index in [2.05, 4.69) is 114 Å². The standard InChI is InChI=1S/C23H24INSSi/c1-15(2)18-7-5-8-19-20-9-6-10-21(23(20)26-22(18)19)25(24)16-11-13-17(14-12-16)27(3)4/h5-15,27H,1-4H3. The molecule has 0 fully saturated rings. The smallest absolute Gasteiger partial charge is 0.0689 e. The van der Waals surface area contributed by atoms with Crippen LogP contribution in [0.5, 0.6) is 0 Å². The summed E-state index contributed by atoms with van der Waals surface area (Å²) < 4.78 is 5.11. The van der Waals surface area contributed by atoms with Crippen molar-refractivity contribution in [3.8, 4) is 0 Å². The summed E-state index contributed by atoms with van der Waals surface area (Å²) in [4.78, 5) is 0. The highest BCUT2D eigenvalue weighted by atomic mass is 127. The van der Waals surface area contributed by atoms with Gasteiger partial charge in [0.2, 0.25) is 0 Å². The van der Waals surface area contributed by atoms with Gasteiger partial charge in [-0.05, 0) is 29.7 Å². The SMILES string of the molecule is CC(C)c1cccc2c1sc1c(N(I)c3ccc([SiH](C)C)cc3)cccc12. The first-order chi connectivity index (χ1) is 13.0. The summed E-state index contributed by atoms with van der Waals surface area (Å²) in [5.74, 6) is 0.536. The summed E-state index contributed by atoms with van der Waals surface area (Å²) in [6.45, 7) is 9.32. The maximum Gasteiger partial charge on any atom is 0.0689 e. The Hall–Kier alpha value is -1.37. The van der Waals surface area contributed by atoms with E-state index in [4.69, 9.17) is 0 Å². The second-order valence-corrected chi connectivity index (χ2v) is 12.6. The maximum atomic E-state index is 2.45. The number of anilines is 2. The van der Waals surface area contributed by atoms with Gasteiger partial charge >= 0.3 is 0 Å². The second kappa shape index (κ2) is 7.57. The summed E-state index contributed by atoms with van der Waals surface area (Å²) in [7, 11) is -0.750. The van der Waals surface area contributed by atoms with Crippen LogP contribution in [0.3, 0.4) is 0 Å². The molecule has 4 heteroatoms. The van der Waals surface area contributed by atoms with E-state index in [1.54, 1.807) is 0 Å². The van der Waals surface area contributed by atoms with Crippen molar-refractivity contribution in [2.75, 3.05) is 3.11 Å². The molecule has 3 aromatic carbocycles. The fourth-order valence-corrected chi connectivity index (χ4v) is 6.88. The lowest BCUT2D eigenvalue weighted by Crippen LogP contribution is -2.22.